The topological polar surface area (TPSA) is 74.8 Å². The van der Waals surface area contributed by atoms with Gasteiger partial charge in [-0.25, -0.2) is 4.98 Å². The van der Waals surface area contributed by atoms with E-state index in [0.29, 0.717) is 50.1 Å². The van der Waals surface area contributed by atoms with Gasteiger partial charge in [0.05, 0.1) is 12.6 Å². The SMILES string of the molecule is CC(C)NC(=O)C(C)N1CCN(C(=O)c2ccnc(OCC3CC3)c2)CC1. The average molecular weight is 374 g/mol. The Balaban J connectivity index is 1.52. The van der Waals surface area contributed by atoms with Gasteiger partial charge in [0.25, 0.3) is 5.91 Å². The predicted molar refractivity (Wildman–Crippen MR) is 103 cm³/mol. The Hall–Kier alpha value is -2.15. The average Bonchev–Trinajstić information content (AvgIpc) is 3.49. The number of piperazine rings is 1. The summed E-state index contributed by atoms with van der Waals surface area (Å²) in [6.45, 7) is 9.11. The number of rotatable bonds is 7. The molecule has 1 aromatic rings. The van der Waals surface area contributed by atoms with E-state index < -0.39 is 0 Å². The second-order valence-corrected chi connectivity index (χ2v) is 7.80. The normalized spacial score (nSPS) is 19.0. The van der Waals surface area contributed by atoms with Crippen LogP contribution in [0.1, 0.15) is 44.0 Å². The number of nitrogens with one attached hydrogen (secondary N) is 1. The Morgan fingerprint density at radius 3 is 2.56 bits per heavy atom. The van der Waals surface area contributed by atoms with E-state index in [4.69, 9.17) is 4.74 Å². The van der Waals surface area contributed by atoms with E-state index in [0.717, 1.165) is 0 Å². The van der Waals surface area contributed by atoms with Gasteiger partial charge in [0, 0.05) is 50.0 Å². The van der Waals surface area contributed by atoms with Crippen LogP contribution in [0.2, 0.25) is 0 Å². The van der Waals surface area contributed by atoms with E-state index in [1.54, 1.807) is 18.3 Å². The number of hydrogen-bond acceptors (Lipinski definition) is 5. The largest absolute Gasteiger partial charge is 0.477 e. The van der Waals surface area contributed by atoms with Gasteiger partial charge in [0.2, 0.25) is 11.8 Å². The van der Waals surface area contributed by atoms with Crippen molar-refractivity contribution in [2.75, 3.05) is 32.8 Å². The molecule has 2 fully saturated rings. The summed E-state index contributed by atoms with van der Waals surface area (Å²) in [6, 6.07) is 3.41. The first-order valence-corrected chi connectivity index (χ1v) is 9.86. The molecular formula is C20H30N4O3. The van der Waals surface area contributed by atoms with Crippen molar-refractivity contribution < 1.29 is 14.3 Å². The van der Waals surface area contributed by atoms with Crippen molar-refractivity contribution in [1.82, 2.24) is 20.1 Å². The van der Waals surface area contributed by atoms with Gasteiger partial charge in [0.15, 0.2) is 0 Å². The summed E-state index contributed by atoms with van der Waals surface area (Å²) in [6.07, 6.45) is 4.07. The second kappa shape index (κ2) is 8.69. The molecule has 1 N–H and O–H groups in total. The molecule has 1 unspecified atom stereocenters. The minimum atomic E-state index is -0.187. The van der Waals surface area contributed by atoms with Gasteiger partial charge in [-0.15, -0.1) is 0 Å². The fourth-order valence-electron chi connectivity index (χ4n) is 3.17. The van der Waals surface area contributed by atoms with Crippen LogP contribution in [0.25, 0.3) is 0 Å². The number of carbonyl (C=O) groups is 2. The van der Waals surface area contributed by atoms with Gasteiger partial charge in [-0.1, -0.05) is 0 Å². The zero-order valence-electron chi connectivity index (χ0n) is 16.5. The summed E-state index contributed by atoms with van der Waals surface area (Å²) in [5.41, 5.74) is 0.606. The summed E-state index contributed by atoms with van der Waals surface area (Å²) in [5, 5.41) is 2.95. The molecule has 1 saturated carbocycles. The van der Waals surface area contributed by atoms with E-state index in [1.165, 1.54) is 12.8 Å². The quantitative estimate of drug-likeness (QED) is 0.784. The van der Waals surface area contributed by atoms with E-state index in [1.807, 2.05) is 25.7 Å². The first-order valence-electron chi connectivity index (χ1n) is 9.86. The van der Waals surface area contributed by atoms with Crippen LogP contribution in [0.5, 0.6) is 5.88 Å². The van der Waals surface area contributed by atoms with Crippen LogP contribution < -0.4 is 10.1 Å². The Morgan fingerprint density at radius 2 is 1.93 bits per heavy atom. The first-order chi connectivity index (χ1) is 12.9. The maximum Gasteiger partial charge on any atom is 0.254 e. The van der Waals surface area contributed by atoms with Crippen molar-refractivity contribution >= 4 is 11.8 Å². The third-order valence-electron chi connectivity index (χ3n) is 5.11. The molecule has 0 bridgehead atoms. The molecule has 27 heavy (non-hydrogen) atoms. The predicted octanol–water partition coefficient (Wildman–Crippen LogP) is 1.54. The molecule has 7 nitrogen and oxygen atoms in total. The highest BCUT2D eigenvalue weighted by atomic mass is 16.5. The van der Waals surface area contributed by atoms with Crippen molar-refractivity contribution in [2.24, 2.45) is 5.92 Å². The van der Waals surface area contributed by atoms with Crippen LogP contribution >= 0.6 is 0 Å². The Morgan fingerprint density at radius 1 is 1.22 bits per heavy atom. The number of amides is 2. The summed E-state index contributed by atoms with van der Waals surface area (Å²) >= 11 is 0. The second-order valence-electron chi connectivity index (χ2n) is 7.80. The molecule has 0 radical (unpaired) electrons. The highest BCUT2D eigenvalue weighted by Crippen LogP contribution is 2.29. The Bertz CT molecular complexity index is 667. The molecule has 148 valence electrons. The Labute approximate surface area is 161 Å². The molecule has 1 atom stereocenters. The molecular weight excluding hydrogens is 344 g/mol. The number of nitrogens with zero attached hydrogens (tertiary/aromatic N) is 3. The lowest BCUT2D eigenvalue weighted by molar-refractivity contribution is -0.126. The van der Waals surface area contributed by atoms with Gasteiger partial charge in [-0.3, -0.25) is 14.5 Å². The molecule has 2 amide bonds. The van der Waals surface area contributed by atoms with Gasteiger partial charge in [0.1, 0.15) is 0 Å². The highest BCUT2D eigenvalue weighted by Gasteiger charge is 2.28. The third kappa shape index (κ3) is 5.42. The molecule has 0 spiro atoms. The molecule has 3 rings (SSSR count). The lowest BCUT2D eigenvalue weighted by Crippen LogP contribution is -2.55. The van der Waals surface area contributed by atoms with Crippen LogP contribution in [-0.2, 0) is 4.79 Å². The number of carbonyl (C=O) groups excluding carboxylic acids is 2. The molecule has 0 aromatic carbocycles. The fraction of sp³-hybridized carbons (Fsp3) is 0.650. The van der Waals surface area contributed by atoms with Crippen LogP contribution in [0.4, 0.5) is 0 Å². The monoisotopic (exact) mass is 374 g/mol. The van der Waals surface area contributed by atoms with Crippen LogP contribution in [0, 0.1) is 5.92 Å². The highest BCUT2D eigenvalue weighted by molar-refractivity contribution is 5.94. The van der Waals surface area contributed by atoms with Crippen molar-refractivity contribution in [3.05, 3.63) is 23.9 Å². The van der Waals surface area contributed by atoms with E-state index in [2.05, 4.69) is 15.2 Å². The van der Waals surface area contributed by atoms with Gasteiger partial charge < -0.3 is 15.0 Å². The summed E-state index contributed by atoms with van der Waals surface area (Å²) in [7, 11) is 0. The molecule has 1 aliphatic carbocycles. The van der Waals surface area contributed by atoms with E-state index in [-0.39, 0.29) is 23.9 Å². The number of hydrogen-bond donors (Lipinski definition) is 1. The molecule has 2 aliphatic rings. The molecule has 1 saturated heterocycles. The summed E-state index contributed by atoms with van der Waals surface area (Å²) in [5.74, 6) is 1.20. The number of ether oxygens (including phenoxy) is 1. The smallest absolute Gasteiger partial charge is 0.254 e. The lowest BCUT2D eigenvalue weighted by Gasteiger charge is -2.37. The third-order valence-corrected chi connectivity index (χ3v) is 5.11. The fourth-order valence-corrected chi connectivity index (χ4v) is 3.17. The lowest BCUT2D eigenvalue weighted by atomic mass is 10.1. The minimum absolute atomic E-state index is 0.00685. The van der Waals surface area contributed by atoms with Crippen LogP contribution in [0.3, 0.4) is 0 Å². The van der Waals surface area contributed by atoms with Crippen molar-refractivity contribution in [1.29, 1.82) is 0 Å². The van der Waals surface area contributed by atoms with E-state index >= 15 is 0 Å². The van der Waals surface area contributed by atoms with Crippen molar-refractivity contribution in [3.63, 3.8) is 0 Å². The van der Waals surface area contributed by atoms with Crippen LogP contribution in [0.15, 0.2) is 18.3 Å². The molecule has 1 aliphatic heterocycles. The standard InChI is InChI=1S/C20H30N4O3/c1-14(2)22-19(25)15(3)23-8-10-24(11-9-23)20(26)17-6-7-21-18(12-17)27-13-16-4-5-16/h6-7,12,14-16H,4-5,8-11,13H2,1-3H3,(H,22,25). The Kier molecular flexibility index (Phi) is 6.31. The van der Waals surface area contributed by atoms with E-state index in [9.17, 15) is 9.59 Å². The van der Waals surface area contributed by atoms with Gasteiger partial charge in [-0.05, 0) is 45.6 Å². The molecule has 7 heteroatoms. The summed E-state index contributed by atoms with van der Waals surface area (Å²) < 4.78 is 5.68. The van der Waals surface area contributed by atoms with Crippen LogP contribution in [-0.4, -0.2) is 71.5 Å². The zero-order chi connectivity index (χ0) is 19.4. The molecule has 1 aromatic heterocycles. The van der Waals surface area contributed by atoms with Crippen molar-refractivity contribution in [2.45, 2.75) is 45.7 Å². The van der Waals surface area contributed by atoms with Crippen molar-refractivity contribution in [3.8, 4) is 5.88 Å². The number of pyridine rings is 1. The molecule has 2 heterocycles. The van der Waals surface area contributed by atoms with Gasteiger partial charge in [-0.2, -0.15) is 0 Å². The number of aromatic nitrogens is 1. The maximum absolute atomic E-state index is 12.8. The zero-order valence-corrected chi connectivity index (χ0v) is 16.5. The maximum atomic E-state index is 12.8. The first kappa shape index (κ1) is 19.6. The summed E-state index contributed by atoms with van der Waals surface area (Å²) in [4.78, 5) is 33.1. The minimum Gasteiger partial charge on any atom is -0.477 e. The van der Waals surface area contributed by atoms with Gasteiger partial charge >= 0.3 is 0 Å².